The number of hydrogen-bond donors (Lipinski definition) is 0. The predicted octanol–water partition coefficient (Wildman–Crippen LogP) is 1.17. The fourth-order valence-electron chi connectivity index (χ4n) is 2.14. The van der Waals surface area contributed by atoms with Gasteiger partial charge in [0.05, 0.1) is 5.40 Å². The van der Waals surface area contributed by atoms with Crippen LogP contribution in [0.4, 0.5) is 0 Å². The van der Waals surface area contributed by atoms with Crippen molar-refractivity contribution < 1.29 is 4.74 Å². The van der Waals surface area contributed by atoms with Gasteiger partial charge in [0.2, 0.25) is 0 Å². The van der Waals surface area contributed by atoms with Crippen molar-refractivity contribution >= 4 is 32.5 Å². The van der Waals surface area contributed by atoms with E-state index in [9.17, 15) is 0 Å². The van der Waals surface area contributed by atoms with Crippen LogP contribution < -0.4 is 4.74 Å². The molecule has 1 aliphatic heterocycles. The van der Waals surface area contributed by atoms with Crippen LogP contribution in [0.3, 0.4) is 0 Å². The number of ether oxygens (including phenoxy) is 1. The maximum Gasteiger partial charge on any atom is 0.152 e. The summed E-state index contributed by atoms with van der Waals surface area (Å²) in [6.07, 6.45) is 4.28. The largest absolute Gasteiger partial charge is 0.501 e. The molecule has 16 heavy (non-hydrogen) atoms. The average molecular weight is 206 g/mol. The number of fused-ring (bicyclic) bond motifs is 3. The van der Waals surface area contributed by atoms with Crippen molar-refractivity contribution in [1.29, 1.82) is 0 Å². The maximum atomic E-state index is 5.94. The molecule has 0 radical (unpaired) electrons. The molecule has 1 nitrogen and oxygen atoms in total. The van der Waals surface area contributed by atoms with Crippen molar-refractivity contribution in [1.82, 2.24) is 0 Å². The minimum Gasteiger partial charge on any atom is -0.501 e. The van der Waals surface area contributed by atoms with E-state index in [2.05, 4.69) is 64.2 Å². The standard InChI is InChI=1S/C13H12B2O/c14-13(15)8-7-11-10-4-2-1-3-9(10)5-6-12(11)16-13/h1-8H,14-15H2. The Hall–Kier alpha value is -1.63. The van der Waals surface area contributed by atoms with Crippen LogP contribution in [0.15, 0.2) is 42.5 Å². The molecular formula is C13H12B2O. The Labute approximate surface area is 96.9 Å². The van der Waals surface area contributed by atoms with Gasteiger partial charge >= 0.3 is 0 Å². The van der Waals surface area contributed by atoms with Crippen LogP contribution in [-0.4, -0.2) is 21.1 Å². The lowest BCUT2D eigenvalue weighted by Gasteiger charge is -2.29. The van der Waals surface area contributed by atoms with Crippen molar-refractivity contribution in [2.24, 2.45) is 0 Å². The van der Waals surface area contributed by atoms with Crippen LogP contribution in [0, 0.1) is 0 Å². The van der Waals surface area contributed by atoms with Crippen LogP contribution in [0.1, 0.15) is 5.56 Å². The second-order valence-electron chi connectivity index (χ2n) is 4.74. The van der Waals surface area contributed by atoms with Gasteiger partial charge in [0.15, 0.2) is 15.7 Å². The fourth-order valence-corrected chi connectivity index (χ4v) is 2.14. The van der Waals surface area contributed by atoms with E-state index in [1.54, 1.807) is 0 Å². The number of benzene rings is 2. The summed E-state index contributed by atoms with van der Waals surface area (Å²) in [6.45, 7) is 0. The van der Waals surface area contributed by atoms with Gasteiger partial charge in [0.1, 0.15) is 5.75 Å². The van der Waals surface area contributed by atoms with Gasteiger partial charge in [-0.1, -0.05) is 42.5 Å². The second-order valence-corrected chi connectivity index (χ2v) is 4.74. The van der Waals surface area contributed by atoms with Crippen LogP contribution in [0.5, 0.6) is 5.75 Å². The molecule has 0 spiro atoms. The van der Waals surface area contributed by atoms with Gasteiger partial charge in [-0.05, 0) is 16.8 Å². The molecule has 0 saturated heterocycles. The molecule has 1 heterocycles. The molecule has 0 amide bonds. The van der Waals surface area contributed by atoms with E-state index in [-0.39, 0.29) is 5.40 Å². The zero-order valence-corrected chi connectivity index (χ0v) is 9.53. The predicted molar refractivity (Wildman–Crippen MR) is 73.4 cm³/mol. The third-order valence-corrected chi connectivity index (χ3v) is 2.96. The topological polar surface area (TPSA) is 9.23 Å². The highest BCUT2D eigenvalue weighted by Crippen LogP contribution is 2.34. The van der Waals surface area contributed by atoms with E-state index in [1.165, 1.54) is 16.3 Å². The maximum absolute atomic E-state index is 5.94. The zero-order valence-electron chi connectivity index (χ0n) is 9.53. The Kier molecular flexibility index (Phi) is 1.90. The van der Waals surface area contributed by atoms with Crippen molar-refractivity contribution in [3.63, 3.8) is 0 Å². The van der Waals surface area contributed by atoms with Gasteiger partial charge in [-0.25, -0.2) is 0 Å². The summed E-state index contributed by atoms with van der Waals surface area (Å²) in [4.78, 5) is 0. The molecular weight excluding hydrogens is 194 g/mol. The molecule has 0 atom stereocenters. The molecule has 76 valence electrons. The minimum absolute atomic E-state index is 0.199. The van der Waals surface area contributed by atoms with E-state index >= 15 is 0 Å². The SMILES string of the molecule is BC1(B)C=Cc2c(ccc3ccccc23)O1. The molecule has 0 saturated carbocycles. The first kappa shape index (κ1) is 9.59. The number of rotatable bonds is 0. The lowest BCUT2D eigenvalue weighted by atomic mass is 9.64. The van der Waals surface area contributed by atoms with E-state index in [0.717, 1.165) is 5.75 Å². The van der Waals surface area contributed by atoms with Gasteiger partial charge in [-0.15, -0.1) is 0 Å². The van der Waals surface area contributed by atoms with Crippen LogP contribution in [-0.2, 0) is 0 Å². The second kappa shape index (κ2) is 3.18. The van der Waals surface area contributed by atoms with Gasteiger partial charge in [-0.3, -0.25) is 0 Å². The van der Waals surface area contributed by atoms with Crippen LogP contribution in [0.2, 0.25) is 0 Å². The molecule has 3 rings (SSSR count). The molecule has 0 unspecified atom stereocenters. The molecule has 3 heteroatoms. The summed E-state index contributed by atoms with van der Waals surface area (Å²) in [6, 6.07) is 12.6. The Morgan fingerprint density at radius 2 is 1.81 bits per heavy atom. The molecule has 2 aromatic carbocycles. The highest BCUT2D eigenvalue weighted by Gasteiger charge is 2.22. The van der Waals surface area contributed by atoms with Gasteiger partial charge in [-0.2, -0.15) is 0 Å². The normalized spacial score (nSPS) is 16.8. The van der Waals surface area contributed by atoms with Crippen molar-refractivity contribution in [3.8, 4) is 5.75 Å². The zero-order chi connectivity index (χ0) is 11.2. The fraction of sp³-hybridized carbons (Fsp3) is 0.0769. The third-order valence-electron chi connectivity index (χ3n) is 2.96. The first-order chi connectivity index (χ1) is 7.66. The summed E-state index contributed by atoms with van der Waals surface area (Å²) in [5, 5.41) is 2.32. The van der Waals surface area contributed by atoms with Crippen LogP contribution in [0.25, 0.3) is 16.8 Å². The van der Waals surface area contributed by atoms with Gasteiger partial charge < -0.3 is 4.74 Å². The van der Waals surface area contributed by atoms with E-state index < -0.39 is 0 Å². The lowest BCUT2D eigenvalue weighted by Crippen LogP contribution is -2.36. The quantitative estimate of drug-likeness (QED) is 0.587. The van der Waals surface area contributed by atoms with Crippen molar-refractivity contribution in [2.45, 2.75) is 5.40 Å². The first-order valence-corrected chi connectivity index (χ1v) is 5.56. The highest BCUT2D eigenvalue weighted by atomic mass is 16.5. The molecule has 0 aromatic heterocycles. The van der Waals surface area contributed by atoms with Gasteiger partial charge in [0.25, 0.3) is 0 Å². The Morgan fingerprint density at radius 3 is 2.69 bits per heavy atom. The summed E-state index contributed by atoms with van der Waals surface area (Å²) in [5.41, 5.74) is 1.19. The molecule has 0 aliphatic carbocycles. The molecule has 1 aliphatic rings. The monoisotopic (exact) mass is 206 g/mol. The minimum atomic E-state index is -0.199. The molecule has 0 N–H and O–H groups in total. The van der Waals surface area contributed by atoms with Crippen LogP contribution >= 0.6 is 0 Å². The summed E-state index contributed by atoms with van der Waals surface area (Å²) in [5.74, 6) is 0.978. The summed E-state index contributed by atoms with van der Waals surface area (Å²) < 4.78 is 5.94. The smallest absolute Gasteiger partial charge is 0.152 e. The number of hydrogen-bond acceptors (Lipinski definition) is 1. The van der Waals surface area contributed by atoms with Crippen molar-refractivity contribution in [3.05, 3.63) is 48.0 Å². The molecule has 2 aromatic rings. The summed E-state index contributed by atoms with van der Waals surface area (Å²) in [7, 11) is 4.14. The van der Waals surface area contributed by atoms with Gasteiger partial charge in [0, 0.05) is 5.56 Å². The Morgan fingerprint density at radius 1 is 1.00 bits per heavy atom. The molecule has 0 fully saturated rings. The van der Waals surface area contributed by atoms with E-state index in [0.29, 0.717) is 0 Å². The Bertz CT molecular complexity index is 588. The Balaban J connectivity index is 2.29. The molecule has 0 bridgehead atoms. The van der Waals surface area contributed by atoms with E-state index in [4.69, 9.17) is 4.74 Å². The third kappa shape index (κ3) is 1.44. The van der Waals surface area contributed by atoms with E-state index in [1.807, 2.05) is 0 Å². The van der Waals surface area contributed by atoms with Crippen molar-refractivity contribution in [2.75, 3.05) is 0 Å². The highest BCUT2D eigenvalue weighted by molar-refractivity contribution is 6.41. The lowest BCUT2D eigenvalue weighted by molar-refractivity contribution is 0.285. The average Bonchev–Trinajstić information content (AvgIpc) is 2.27. The first-order valence-electron chi connectivity index (χ1n) is 5.56. The summed E-state index contributed by atoms with van der Waals surface area (Å²) >= 11 is 0.